The highest BCUT2D eigenvalue weighted by atomic mass is 32.1. The van der Waals surface area contributed by atoms with Crippen LogP contribution in [0.1, 0.15) is 11.4 Å². The molecule has 0 saturated heterocycles. The Morgan fingerprint density at radius 2 is 2.50 bits per heavy atom. The Labute approximate surface area is 75.1 Å². The molecule has 0 amide bonds. The highest BCUT2D eigenvalue weighted by Crippen LogP contribution is 2.15. The predicted octanol–water partition coefficient (Wildman–Crippen LogP) is 1.42. The summed E-state index contributed by atoms with van der Waals surface area (Å²) in [6, 6.07) is 0. The molecule has 4 heteroatoms. The number of nitrogens with one attached hydrogen (secondary N) is 1. The lowest BCUT2D eigenvalue weighted by Gasteiger charge is -1.90. The van der Waals surface area contributed by atoms with Gasteiger partial charge < -0.3 is 5.32 Å². The molecule has 0 spiro atoms. The molecule has 2 heterocycles. The summed E-state index contributed by atoms with van der Waals surface area (Å²) in [5.41, 5.74) is 2.36. The molecule has 2 rings (SSSR count). The van der Waals surface area contributed by atoms with E-state index in [1.807, 2.05) is 7.05 Å². The SMILES string of the molecule is CNCc1cn2c(C)csc2n1. The predicted molar refractivity (Wildman–Crippen MR) is 50.6 cm³/mol. The first-order valence-corrected chi connectivity index (χ1v) is 4.76. The van der Waals surface area contributed by atoms with Crippen molar-refractivity contribution in [3.05, 3.63) is 23.0 Å². The van der Waals surface area contributed by atoms with Gasteiger partial charge in [0.1, 0.15) is 0 Å². The molecule has 12 heavy (non-hydrogen) atoms. The van der Waals surface area contributed by atoms with Crippen molar-refractivity contribution in [1.29, 1.82) is 0 Å². The Kier molecular flexibility index (Phi) is 1.86. The topological polar surface area (TPSA) is 29.3 Å². The van der Waals surface area contributed by atoms with E-state index in [0.29, 0.717) is 0 Å². The molecule has 0 aliphatic rings. The van der Waals surface area contributed by atoms with Crippen molar-refractivity contribution < 1.29 is 0 Å². The lowest BCUT2D eigenvalue weighted by molar-refractivity contribution is 0.798. The van der Waals surface area contributed by atoms with E-state index in [-0.39, 0.29) is 0 Å². The fourth-order valence-corrected chi connectivity index (χ4v) is 2.08. The number of fused-ring (bicyclic) bond motifs is 1. The van der Waals surface area contributed by atoms with Gasteiger partial charge in [-0.15, -0.1) is 11.3 Å². The number of thiazole rings is 1. The largest absolute Gasteiger partial charge is 0.314 e. The van der Waals surface area contributed by atoms with Crippen LogP contribution in [0.3, 0.4) is 0 Å². The van der Waals surface area contributed by atoms with E-state index in [1.54, 1.807) is 11.3 Å². The lowest BCUT2D eigenvalue weighted by atomic mass is 10.5. The average Bonchev–Trinajstić information content (AvgIpc) is 2.55. The molecule has 0 atom stereocenters. The minimum absolute atomic E-state index is 0.841. The van der Waals surface area contributed by atoms with Crippen molar-refractivity contribution in [1.82, 2.24) is 14.7 Å². The van der Waals surface area contributed by atoms with Gasteiger partial charge in [0.25, 0.3) is 0 Å². The van der Waals surface area contributed by atoms with Crippen LogP contribution in [-0.4, -0.2) is 16.4 Å². The van der Waals surface area contributed by atoms with Gasteiger partial charge in [-0.1, -0.05) is 0 Å². The zero-order chi connectivity index (χ0) is 8.55. The molecule has 2 aromatic rings. The smallest absolute Gasteiger partial charge is 0.194 e. The van der Waals surface area contributed by atoms with Crippen molar-refractivity contribution in [3.8, 4) is 0 Å². The van der Waals surface area contributed by atoms with Crippen molar-refractivity contribution in [2.45, 2.75) is 13.5 Å². The van der Waals surface area contributed by atoms with Crippen molar-refractivity contribution in [2.75, 3.05) is 7.05 Å². The Bertz CT molecular complexity index is 388. The van der Waals surface area contributed by atoms with Gasteiger partial charge in [-0.2, -0.15) is 0 Å². The Hall–Kier alpha value is -0.870. The zero-order valence-corrected chi connectivity index (χ0v) is 7.98. The van der Waals surface area contributed by atoms with Crippen LogP contribution in [0.5, 0.6) is 0 Å². The third-order valence-corrected chi connectivity index (χ3v) is 2.75. The maximum absolute atomic E-state index is 4.44. The number of hydrogen-bond acceptors (Lipinski definition) is 3. The summed E-state index contributed by atoms with van der Waals surface area (Å²) in [6.45, 7) is 2.93. The lowest BCUT2D eigenvalue weighted by Crippen LogP contribution is -2.04. The Morgan fingerprint density at radius 1 is 1.67 bits per heavy atom. The van der Waals surface area contributed by atoms with Crippen LogP contribution >= 0.6 is 11.3 Å². The molecule has 3 nitrogen and oxygen atoms in total. The minimum Gasteiger partial charge on any atom is -0.314 e. The Morgan fingerprint density at radius 3 is 3.17 bits per heavy atom. The van der Waals surface area contributed by atoms with Gasteiger partial charge in [0, 0.05) is 23.8 Å². The molecular weight excluding hydrogens is 170 g/mol. The first-order valence-electron chi connectivity index (χ1n) is 3.88. The number of rotatable bonds is 2. The summed E-state index contributed by atoms with van der Waals surface area (Å²) in [7, 11) is 1.93. The van der Waals surface area contributed by atoms with E-state index in [4.69, 9.17) is 0 Å². The summed E-state index contributed by atoms with van der Waals surface area (Å²) >= 11 is 1.68. The van der Waals surface area contributed by atoms with Gasteiger partial charge >= 0.3 is 0 Å². The van der Waals surface area contributed by atoms with Gasteiger partial charge in [-0.25, -0.2) is 4.98 Å². The average molecular weight is 181 g/mol. The van der Waals surface area contributed by atoms with Crippen LogP contribution in [0.4, 0.5) is 0 Å². The van der Waals surface area contributed by atoms with Crippen LogP contribution in [0.2, 0.25) is 0 Å². The van der Waals surface area contributed by atoms with E-state index < -0.39 is 0 Å². The molecular formula is C8H11N3S. The first kappa shape index (κ1) is 7.76. The molecule has 0 unspecified atom stereocenters. The third-order valence-electron chi connectivity index (χ3n) is 1.80. The molecule has 0 fully saturated rings. The summed E-state index contributed by atoms with van der Waals surface area (Å²) in [5.74, 6) is 0. The maximum atomic E-state index is 4.44. The van der Waals surface area contributed by atoms with Crippen LogP contribution in [0, 0.1) is 6.92 Å². The second-order valence-electron chi connectivity index (χ2n) is 2.79. The molecule has 2 aromatic heterocycles. The van der Waals surface area contributed by atoms with Gasteiger partial charge in [0.2, 0.25) is 0 Å². The van der Waals surface area contributed by atoms with Crippen LogP contribution < -0.4 is 5.32 Å². The van der Waals surface area contributed by atoms with Gasteiger partial charge in [-0.05, 0) is 14.0 Å². The quantitative estimate of drug-likeness (QED) is 0.759. The molecule has 0 saturated carbocycles. The second kappa shape index (κ2) is 2.88. The van der Waals surface area contributed by atoms with Crippen molar-refractivity contribution >= 4 is 16.3 Å². The molecule has 0 bridgehead atoms. The number of nitrogens with zero attached hydrogens (tertiary/aromatic N) is 2. The number of hydrogen-bond donors (Lipinski definition) is 1. The highest BCUT2D eigenvalue weighted by Gasteiger charge is 2.03. The monoisotopic (exact) mass is 181 g/mol. The third kappa shape index (κ3) is 1.13. The van der Waals surface area contributed by atoms with E-state index in [1.165, 1.54) is 5.69 Å². The van der Waals surface area contributed by atoms with Gasteiger partial charge in [0.15, 0.2) is 4.96 Å². The fourth-order valence-electron chi connectivity index (χ4n) is 1.21. The van der Waals surface area contributed by atoms with Gasteiger partial charge in [0.05, 0.1) is 5.69 Å². The zero-order valence-electron chi connectivity index (χ0n) is 7.16. The van der Waals surface area contributed by atoms with Crippen molar-refractivity contribution in [2.24, 2.45) is 0 Å². The number of aryl methyl sites for hydroxylation is 1. The molecule has 0 radical (unpaired) electrons. The van der Waals surface area contributed by atoms with Crippen LogP contribution in [0.25, 0.3) is 4.96 Å². The van der Waals surface area contributed by atoms with E-state index in [0.717, 1.165) is 17.2 Å². The molecule has 0 aromatic carbocycles. The highest BCUT2D eigenvalue weighted by molar-refractivity contribution is 7.15. The van der Waals surface area contributed by atoms with Crippen LogP contribution in [0.15, 0.2) is 11.6 Å². The number of imidazole rings is 1. The minimum atomic E-state index is 0.841. The number of aromatic nitrogens is 2. The standard InChI is InChI=1S/C8H11N3S/c1-6-5-12-8-10-7(3-9-2)4-11(6)8/h4-5,9H,3H2,1-2H3. The normalized spacial score (nSPS) is 11.2. The van der Waals surface area contributed by atoms with E-state index in [2.05, 4.69) is 33.2 Å². The summed E-state index contributed by atoms with van der Waals surface area (Å²) in [6.07, 6.45) is 2.08. The summed E-state index contributed by atoms with van der Waals surface area (Å²) < 4.78 is 2.12. The van der Waals surface area contributed by atoms with Crippen molar-refractivity contribution in [3.63, 3.8) is 0 Å². The maximum Gasteiger partial charge on any atom is 0.194 e. The Balaban J connectivity index is 2.48. The second-order valence-corrected chi connectivity index (χ2v) is 3.63. The van der Waals surface area contributed by atoms with Gasteiger partial charge in [-0.3, -0.25) is 4.40 Å². The summed E-state index contributed by atoms with van der Waals surface area (Å²) in [4.78, 5) is 5.52. The molecule has 0 aliphatic carbocycles. The first-order chi connectivity index (χ1) is 5.81. The van der Waals surface area contributed by atoms with E-state index >= 15 is 0 Å². The molecule has 0 aliphatic heterocycles. The fraction of sp³-hybridized carbons (Fsp3) is 0.375. The molecule has 1 N–H and O–H groups in total. The molecule has 64 valence electrons. The van der Waals surface area contributed by atoms with Crippen LogP contribution in [-0.2, 0) is 6.54 Å². The summed E-state index contributed by atoms with van der Waals surface area (Å²) in [5, 5.41) is 5.20. The van der Waals surface area contributed by atoms with E-state index in [9.17, 15) is 0 Å².